The molecule has 2 aromatic heterocycles. The number of hydrogen-bond acceptors (Lipinski definition) is 4. The van der Waals surface area contributed by atoms with Gasteiger partial charge in [0.25, 0.3) is 0 Å². The lowest BCUT2D eigenvalue weighted by Crippen LogP contribution is -3.00. The quantitative estimate of drug-likeness (QED) is 0.182. The fourth-order valence-electron chi connectivity index (χ4n) is 6.98. The van der Waals surface area contributed by atoms with Crippen LogP contribution in [-0.2, 0) is 31.9 Å². The molecule has 0 atom stereocenters. The maximum atomic E-state index is 12.2. The highest BCUT2D eigenvalue weighted by Crippen LogP contribution is 2.29. The van der Waals surface area contributed by atoms with Crippen molar-refractivity contribution in [1.82, 2.24) is 9.97 Å². The number of aromatic amines is 2. The van der Waals surface area contributed by atoms with Gasteiger partial charge in [-0.05, 0) is 89.5 Å². The van der Waals surface area contributed by atoms with Crippen molar-refractivity contribution in [1.29, 1.82) is 0 Å². The van der Waals surface area contributed by atoms with Crippen molar-refractivity contribution < 1.29 is 63.0 Å². The SMILES string of the molecule is CCCc1c(C)[nH]c(/C=C2\[NH+]=C(CC3=[NH+]/C(=C/c4[nH]c(C)c(CCC)c4C)C(C)=C3CCC(=O)OC)C(C)=C2CCC(=O)OC)c1C.[Br-].[Br-]. The monoisotopic (exact) mass is 800 g/mol. The van der Waals surface area contributed by atoms with Crippen LogP contribution in [0.15, 0.2) is 33.7 Å². The highest BCUT2D eigenvalue weighted by molar-refractivity contribution is 6.15. The van der Waals surface area contributed by atoms with E-state index in [9.17, 15) is 9.59 Å². The topological polar surface area (TPSA) is 112 Å². The smallest absolute Gasteiger partial charge is 0.305 e. The van der Waals surface area contributed by atoms with Gasteiger partial charge in [-0.2, -0.15) is 0 Å². The first kappa shape index (κ1) is 41.9. The number of aryl methyl sites for hydroxylation is 2. The standard InChI is InChI=1S/C39H52N4O4.2BrH/c1-11-13-28-22(3)32(40-26(28)7)19-34-24(5)30(15-17-38(44)46-9)37(42-34)21-35-25(6)31(16-18-39(45)47-10)36(43-35)20-33-23(4)29(14-12-2)27(8)41-33;;/h19-20,40-41H,11-18,21H2,1-10H3;2*1H/b34-19+,36-20-;;. The lowest BCUT2D eigenvalue weighted by molar-refractivity contribution is -0.393. The molecule has 0 spiro atoms. The number of hydrogen-bond donors (Lipinski definition) is 4. The molecule has 49 heavy (non-hydrogen) atoms. The van der Waals surface area contributed by atoms with E-state index < -0.39 is 0 Å². The summed E-state index contributed by atoms with van der Waals surface area (Å²) in [5.41, 5.74) is 18.6. The molecular weight excluding hydrogens is 748 g/mol. The molecule has 0 saturated heterocycles. The van der Waals surface area contributed by atoms with Crippen molar-refractivity contribution in [2.24, 2.45) is 0 Å². The Labute approximate surface area is 313 Å². The first-order chi connectivity index (χ1) is 22.4. The van der Waals surface area contributed by atoms with Gasteiger partial charge in [0, 0.05) is 70.1 Å². The van der Waals surface area contributed by atoms with E-state index in [1.807, 2.05) is 0 Å². The van der Waals surface area contributed by atoms with Crippen LogP contribution in [0.4, 0.5) is 0 Å². The van der Waals surface area contributed by atoms with E-state index in [1.54, 1.807) is 0 Å². The van der Waals surface area contributed by atoms with Gasteiger partial charge in [0.2, 0.25) is 11.4 Å². The number of H-pyrrole nitrogens is 2. The zero-order valence-electron chi connectivity index (χ0n) is 30.9. The Morgan fingerprint density at radius 1 is 0.633 bits per heavy atom. The molecule has 0 fully saturated rings. The number of nitrogens with one attached hydrogen (secondary N) is 4. The number of allylic oxidation sites excluding steroid dienone is 4. The van der Waals surface area contributed by atoms with Gasteiger partial charge in [0.1, 0.15) is 6.42 Å². The van der Waals surface area contributed by atoms with Crippen LogP contribution in [0.2, 0.25) is 0 Å². The minimum Gasteiger partial charge on any atom is -1.00 e. The third-order valence-electron chi connectivity index (χ3n) is 9.83. The van der Waals surface area contributed by atoms with E-state index >= 15 is 0 Å². The van der Waals surface area contributed by atoms with Gasteiger partial charge in [-0.1, -0.05) is 26.7 Å². The van der Waals surface area contributed by atoms with E-state index in [2.05, 4.69) is 87.5 Å². The summed E-state index contributed by atoms with van der Waals surface area (Å²) in [7, 11) is 2.87. The molecular formula is C39H54Br2N4O4. The van der Waals surface area contributed by atoms with Gasteiger partial charge in [0.15, 0.2) is 11.4 Å². The maximum absolute atomic E-state index is 12.2. The average Bonchev–Trinajstić information content (AvgIpc) is 3.69. The van der Waals surface area contributed by atoms with Crippen molar-refractivity contribution in [3.63, 3.8) is 0 Å². The van der Waals surface area contributed by atoms with Crippen LogP contribution in [0.5, 0.6) is 0 Å². The molecule has 4 rings (SSSR count). The second-order valence-electron chi connectivity index (χ2n) is 12.9. The summed E-state index contributed by atoms with van der Waals surface area (Å²) in [6, 6.07) is 0. The predicted molar refractivity (Wildman–Crippen MR) is 189 cm³/mol. The number of methoxy groups -OCH3 is 2. The first-order valence-corrected chi connectivity index (χ1v) is 17.0. The summed E-state index contributed by atoms with van der Waals surface area (Å²) < 4.78 is 9.99. The predicted octanol–water partition coefficient (Wildman–Crippen LogP) is -1.13. The minimum atomic E-state index is -0.225. The van der Waals surface area contributed by atoms with Gasteiger partial charge in [-0.15, -0.1) is 0 Å². The lowest BCUT2D eigenvalue weighted by atomic mass is 9.94. The number of carbonyl (C=O) groups is 2. The van der Waals surface area contributed by atoms with Crippen LogP contribution >= 0.6 is 0 Å². The van der Waals surface area contributed by atoms with Gasteiger partial charge < -0.3 is 53.4 Å². The van der Waals surface area contributed by atoms with Crippen LogP contribution in [0.25, 0.3) is 12.2 Å². The highest BCUT2D eigenvalue weighted by atomic mass is 79.9. The van der Waals surface area contributed by atoms with E-state index in [4.69, 9.17) is 9.47 Å². The van der Waals surface area contributed by atoms with Gasteiger partial charge in [0.05, 0.1) is 14.2 Å². The van der Waals surface area contributed by atoms with Crippen LogP contribution in [0.1, 0.15) is 118 Å². The molecule has 0 aromatic carbocycles. The van der Waals surface area contributed by atoms with Crippen LogP contribution < -0.4 is 43.9 Å². The Morgan fingerprint density at radius 3 is 1.55 bits per heavy atom. The Kier molecular flexibility index (Phi) is 16.0. The average molecular weight is 803 g/mol. The largest absolute Gasteiger partial charge is 1.00 e. The number of ether oxygens (including phenoxy) is 2. The molecule has 0 aliphatic carbocycles. The molecule has 0 radical (unpaired) electrons. The van der Waals surface area contributed by atoms with Gasteiger partial charge in [-0.3, -0.25) is 9.59 Å². The normalized spacial score (nSPS) is 15.9. The van der Waals surface area contributed by atoms with E-state index in [0.29, 0.717) is 32.1 Å². The van der Waals surface area contributed by atoms with E-state index in [1.165, 1.54) is 47.9 Å². The molecule has 0 unspecified atom stereocenters. The minimum absolute atomic E-state index is 0. The number of esters is 2. The molecule has 4 heterocycles. The third kappa shape index (κ3) is 9.51. The second-order valence-corrected chi connectivity index (χ2v) is 12.9. The maximum Gasteiger partial charge on any atom is 0.305 e. The molecule has 2 aliphatic rings. The first-order valence-electron chi connectivity index (χ1n) is 17.0. The van der Waals surface area contributed by atoms with E-state index in [-0.39, 0.29) is 45.9 Å². The van der Waals surface area contributed by atoms with Gasteiger partial charge in [-0.25, -0.2) is 9.98 Å². The van der Waals surface area contributed by atoms with Gasteiger partial charge >= 0.3 is 11.9 Å². The van der Waals surface area contributed by atoms with E-state index in [0.717, 1.165) is 82.2 Å². The summed E-state index contributed by atoms with van der Waals surface area (Å²) in [6.07, 6.45) is 11.1. The van der Waals surface area contributed by atoms with Crippen molar-refractivity contribution >= 4 is 35.5 Å². The molecule has 10 heteroatoms. The third-order valence-corrected chi connectivity index (χ3v) is 9.83. The zero-order valence-corrected chi connectivity index (χ0v) is 34.1. The summed E-state index contributed by atoms with van der Waals surface area (Å²) >= 11 is 0. The Morgan fingerprint density at radius 2 is 1.08 bits per heavy atom. The Bertz CT molecular complexity index is 1750. The number of aromatic nitrogens is 2. The molecule has 2 aliphatic heterocycles. The summed E-state index contributed by atoms with van der Waals surface area (Å²) in [6.45, 7) is 17.3. The van der Waals surface area contributed by atoms with Crippen LogP contribution in [0, 0.1) is 27.7 Å². The number of carbonyl (C=O) groups excluding carboxylic acids is 2. The molecule has 8 nitrogen and oxygen atoms in total. The molecule has 4 N–H and O–H groups in total. The second kappa shape index (κ2) is 18.7. The lowest BCUT2D eigenvalue weighted by Gasteiger charge is -2.04. The Balaban J connectivity index is 0.00000417. The van der Waals surface area contributed by atoms with Crippen molar-refractivity contribution in [3.05, 3.63) is 78.7 Å². The molecule has 0 bridgehead atoms. The number of halogens is 2. The van der Waals surface area contributed by atoms with Crippen LogP contribution in [-0.4, -0.2) is 47.5 Å². The van der Waals surface area contributed by atoms with Crippen molar-refractivity contribution in [2.75, 3.05) is 14.2 Å². The fourth-order valence-corrected chi connectivity index (χ4v) is 6.98. The fraction of sp³-hybridized carbons (Fsp3) is 0.487. The summed E-state index contributed by atoms with van der Waals surface area (Å²) in [5, 5.41) is 0. The van der Waals surface area contributed by atoms with Crippen LogP contribution in [0.3, 0.4) is 0 Å². The Hall–Kier alpha value is -3.24. The molecule has 0 saturated carbocycles. The molecule has 2 aromatic rings. The van der Waals surface area contributed by atoms with Crippen molar-refractivity contribution in [3.8, 4) is 0 Å². The summed E-state index contributed by atoms with van der Waals surface area (Å²) in [4.78, 5) is 39.1. The zero-order chi connectivity index (χ0) is 34.4. The number of rotatable bonds is 14. The van der Waals surface area contributed by atoms with Crippen molar-refractivity contribution in [2.45, 2.75) is 113 Å². The molecule has 0 amide bonds. The highest BCUT2D eigenvalue weighted by Gasteiger charge is 2.35. The molecule has 268 valence electrons. The summed E-state index contributed by atoms with van der Waals surface area (Å²) in [5.74, 6) is -0.448.